The Morgan fingerprint density at radius 1 is 1.18 bits per heavy atom. The Hall–Kier alpha value is -2.21. The molecule has 5 nitrogen and oxygen atoms in total. The molecule has 1 heterocycles. The summed E-state index contributed by atoms with van der Waals surface area (Å²) in [6, 6.07) is 8.99. The van der Waals surface area contributed by atoms with Crippen molar-refractivity contribution in [3.8, 4) is 0 Å². The fourth-order valence-electron chi connectivity index (χ4n) is 1.83. The number of carbonyl (C=O) groups excluding carboxylic acids is 2. The summed E-state index contributed by atoms with van der Waals surface area (Å²) in [6.07, 6.45) is 1.49. The van der Waals surface area contributed by atoms with Crippen LogP contribution in [0, 0.1) is 13.8 Å². The zero-order chi connectivity index (χ0) is 16.1. The quantitative estimate of drug-likeness (QED) is 0.879. The molecule has 0 atom stereocenters. The maximum Gasteiger partial charge on any atom is 0.253 e. The first kappa shape index (κ1) is 16.2. The van der Waals surface area contributed by atoms with Crippen molar-refractivity contribution in [1.82, 2.24) is 10.3 Å². The van der Waals surface area contributed by atoms with Crippen LogP contribution >= 0.6 is 15.9 Å². The van der Waals surface area contributed by atoms with Crippen LogP contribution in [0.15, 0.2) is 41.0 Å². The number of pyridine rings is 1. The normalized spacial score (nSPS) is 10.1. The van der Waals surface area contributed by atoms with Crippen LogP contribution in [0.3, 0.4) is 0 Å². The van der Waals surface area contributed by atoms with Gasteiger partial charge in [-0.25, -0.2) is 0 Å². The zero-order valence-corrected chi connectivity index (χ0v) is 13.9. The third kappa shape index (κ3) is 4.39. The van der Waals surface area contributed by atoms with Crippen LogP contribution in [0.5, 0.6) is 0 Å². The van der Waals surface area contributed by atoms with E-state index in [1.165, 1.54) is 6.20 Å². The van der Waals surface area contributed by atoms with Crippen molar-refractivity contribution in [3.05, 3.63) is 57.8 Å². The highest BCUT2D eigenvalue weighted by molar-refractivity contribution is 9.10. The molecular weight excluding hydrogens is 346 g/mol. The molecule has 0 saturated carbocycles. The second-order valence-electron chi connectivity index (χ2n) is 4.88. The lowest BCUT2D eigenvalue weighted by Gasteiger charge is -2.09. The number of anilines is 1. The largest absolute Gasteiger partial charge is 0.343 e. The maximum atomic E-state index is 11.9. The van der Waals surface area contributed by atoms with Gasteiger partial charge in [0.05, 0.1) is 12.1 Å². The van der Waals surface area contributed by atoms with Gasteiger partial charge in [0.15, 0.2) is 0 Å². The number of halogens is 1. The molecule has 0 bridgehead atoms. The monoisotopic (exact) mass is 361 g/mol. The van der Waals surface area contributed by atoms with Crippen LogP contribution in [-0.4, -0.2) is 23.3 Å². The number of benzene rings is 1. The van der Waals surface area contributed by atoms with Crippen LogP contribution in [-0.2, 0) is 4.79 Å². The molecule has 2 aromatic rings. The lowest BCUT2D eigenvalue weighted by atomic mass is 10.2. The van der Waals surface area contributed by atoms with Crippen molar-refractivity contribution < 1.29 is 9.59 Å². The highest BCUT2D eigenvalue weighted by Gasteiger charge is 2.09. The van der Waals surface area contributed by atoms with E-state index in [-0.39, 0.29) is 18.4 Å². The number of aryl methyl sites for hydroxylation is 2. The van der Waals surface area contributed by atoms with Crippen molar-refractivity contribution in [2.75, 3.05) is 11.9 Å². The van der Waals surface area contributed by atoms with Gasteiger partial charge >= 0.3 is 0 Å². The van der Waals surface area contributed by atoms with Crippen LogP contribution < -0.4 is 10.6 Å². The van der Waals surface area contributed by atoms with E-state index in [1.54, 1.807) is 12.1 Å². The van der Waals surface area contributed by atoms with Crippen LogP contribution in [0.4, 0.5) is 5.69 Å². The Balaban J connectivity index is 1.89. The molecule has 0 saturated heterocycles. The predicted octanol–water partition coefficient (Wildman–Crippen LogP) is 2.83. The van der Waals surface area contributed by atoms with E-state index in [0.717, 1.165) is 21.4 Å². The molecule has 2 amide bonds. The predicted molar refractivity (Wildman–Crippen MR) is 88.8 cm³/mol. The summed E-state index contributed by atoms with van der Waals surface area (Å²) in [4.78, 5) is 27.8. The van der Waals surface area contributed by atoms with Gasteiger partial charge in [0.25, 0.3) is 5.91 Å². The van der Waals surface area contributed by atoms with Gasteiger partial charge in [-0.2, -0.15) is 0 Å². The lowest BCUT2D eigenvalue weighted by Crippen LogP contribution is -2.33. The molecule has 2 N–H and O–H groups in total. The molecule has 2 rings (SSSR count). The van der Waals surface area contributed by atoms with Crippen molar-refractivity contribution in [3.63, 3.8) is 0 Å². The first-order valence-electron chi connectivity index (χ1n) is 6.72. The third-order valence-corrected chi connectivity index (χ3v) is 3.54. The number of aromatic nitrogens is 1. The SMILES string of the molecule is Cc1ccc(C(=O)NCC(=O)Nc2ccc(Br)cc2C)cn1. The molecule has 114 valence electrons. The van der Waals surface area contributed by atoms with Crippen molar-refractivity contribution >= 4 is 33.4 Å². The number of hydrogen-bond donors (Lipinski definition) is 2. The van der Waals surface area contributed by atoms with Gasteiger partial charge in [-0.15, -0.1) is 0 Å². The number of rotatable bonds is 4. The summed E-state index contributed by atoms with van der Waals surface area (Å²) in [5.41, 5.74) is 2.93. The van der Waals surface area contributed by atoms with E-state index < -0.39 is 0 Å². The maximum absolute atomic E-state index is 11.9. The molecule has 0 fully saturated rings. The number of nitrogens with one attached hydrogen (secondary N) is 2. The summed E-state index contributed by atoms with van der Waals surface area (Å²) in [6.45, 7) is 3.65. The van der Waals surface area contributed by atoms with Gasteiger partial charge < -0.3 is 10.6 Å². The van der Waals surface area contributed by atoms with E-state index in [1.807, 2.05) is 32.0 Å². The van der Waals surface area contributed by atoms with Gasteiger partial charge in [-0.05, 0) is 49.7 Å². The van der Waals surface area contributed by atoms with Crippen molar-refractivity contribution in [2.45, 2.75) is 13.8 Å². The highest BCUT2D eigenvalue weighted by atomic mass is 79.9. The first-order valence-corrected chi connectivity index (χ1v) is 7.52. The minimum Gasteiger partial charge on any atom is -0.343 e. The first-order chi connectivity index (χ1) is 10.5. The van der Waals surface area contributed by atoms with E-state index in [9.17, 15) is 9.59 Å². The third-order valence-electron chi connectivity index (χ3n) is 3.05. The molecule has 0 aliphatic heterocycles. The smallest absolute Gasteiger partial charge is 0.253 e. The number of carbonyl (C=O) groups is 2. The Morgan fingerprint density at radius 3 is 2.59 bits per heavy atom. The summed E-state index contributed by atoms with van der Waals surface area (Å²) < 4.78 is 0.947. The summed E-state index contributed by atoms with van der Waals surface area (Å²) in [5, 5.41) is 5.33. The molecule has 1 aromatic carbocycles. The van der Waals surface area contributed by atoms with E-state index in [2.05, 4.69) is 31.5 Å². The highest BCUT2D eigenvalue weighted by Crippen LogP contribution is 2.19. The van der Waals surface area contributed by atoms with Crippen molar-refractivity contribution in [2.24, 2.45) is 0 Å². The molecule has 6 heteroatoms. The fourth-order valence-corrected chi connectivity index (χ4v) is 2.30. The fraction of sp³-hybridized carbons (Fsp3) is 0.188. The Bertz CT molecular complexity index is 699. The molecule has 0 unspecified atom stereocenters. The Morgan fingerprint density at radius 2 is 1.95 bits per heavy atom. The lowest BCUT2D eigenvalue weighted by molar-refractivity contribution is -0.115. The number of hydrogen-bond acceptors (Lipinski definition) is 3. The Labute approximate surface area is 137 Å². The van der Waals surface area contributed by atoms with Gasteiger partial charge in [0.1, 0.15) is 0 Å². The molecule has 0 aliphatic carbocycles. The van der Waals surface area contributed by atoms with Gasteiger partial charge in [-0.1, -0.05) is 15.9 Å². The molecule has 0 aliphatic rings. The molecule has 1 aromatic heterocycles. The minimum atomic E-state index is -0.324. The van der Waals surface area contributed by atoms with E-state index in [4.69, 9.17) is 0 Å². The van der Waals surface area contributed by atoms with Crippen LogP contribution in [0.25, 0.3) is 0 Å². The molecular formula is C16H16BrN3O2. The Kier molecular flexibility index (Phi) is 5.27. The molecule has 0 radical (unpaired) electrons. The standard InChI is InChI=1S/C16H16BrN3O2/c1-10-7-13(17)5-6-14(10)20-15(21)9-19-16(22)12-4-3-11(2)18-8-12/h3-8H,9H2,1-2H3,(H,19,22)(H,20,21). The van der Waals surface area contributed by atoms with Gasteiger partial charge in [0, 0.05) is 22.1 Å². The second-order valence-corrected chi connectivity index (χ2v) is 5.79. The van der Waals surface area contributed by atoms with Gasteiger partial charge in [-0.3, -0.25) is 14.6 Å². The van der Waals surface area contributed by atoms with E-state index in [0.29, 0.717) is 5.56 Å². The zero-order valence-electron chi connectivity index (χ0n) is 12.3. The second kappa shape index (κ2) is 7.17. The van der Waals surface area contributed by atoms with Crippen molar-refractivity contribution in [1.29, 1.82) is 0 Å². The van der Waals surface area contributed by atoms with E-state index >= 15 is 0 Å². The van der Waals surface area contributed by atoms with Crippen LogP contribution in [0.2, 0.25) is 0 Å². The average Bonchev–Trinajstić information content (AvgIpc) is 2.48. The van der Waals surface area contributed by atoms with Gasteiger partial charge in [0.2, 0.25) is 5.91 Å². The summed E-state index contributed by atoms with van der Waals surface area (Å²) in [5.74, 6) is -0.603. The molecule has 0 spiro atoms. The number of nitrogens with zero attached hydrogens (tertiary/aromatic N) is 1. The average molecular weight is 362 g/mol. The summed E-state index contributed by atoms with van der Waals surface area (Å²) in [7, 11) is 0. The number of amides is 2. The summed E-state index contributed by atoms with van der Waals surface area (Å²) >= 11 is 3.37. The van der Waals surface area contributed by atoms with Crippen LogP contribution in [0.1, 0.15) is 21.6 Å². The topological polar surface area (TPSA) is 71.1 Å². The molecule has 22 heavy (non-hydrogen) atoms. The minimum absolute atomic E-state index is 0.0950.